The van der Waals surface area contributed by atoms with Crippen molar-refractivity contribution in [3.8, 4) is 0 Å². The second kappa shape index (κ2) is 8.10. The maximum atomic E-state index is 2.44. The zero-order valence-electron chi connectivity index (χ0n) is 22.4. The van der Waals surface area contributed by atoms with E-state index in [-0.39, 0.29) is 10.8 Å². The van der Waals surface area contributed by atoms with Crippen LogP contribution in [0.2, 0.25) is 0 Å². The van der Waals surface area contributed by atoms with E-state index < -0.39 is 0 Å². The predicted molar refractivity (Wildman–Crippen MR) is 160 cm³/mol. The van der Waals surface area contributed by atoms with Gasteiger partial charge in [0, 0.05) is 22.2 Å². The minimum Gasteiger partial charge on any atom is -0.310 e. The van der Waals surface area contributed by atoms with Crippen LogP contribution in [0, 0.1) is 0 Å². The molecule has 0 aromatic heterocycles. The average Bonchev–Trinajstić information content (AvgIpc) is 2.94. The van der Waals surface area contributed by atoms with E-state index in [2.05, 4.69) is 159 Å². The Labute approximate surface area is 225 Å². The van der Waals surface area contributed by atoms with Crippen molar-refractivity contribution in [2.24, 2.45) is 0 Å². The summed E-state index contributed by atoms with van der Waals surface area (Å²) in [5, 5.41) is 0. The predicted octanol–water partition coefficient (Wildman–Crippen LogP) is 9.90. The van der Waals surface area contributed by atoms with Crippen LogP contribution >= 0.6 is 0 Å². The molecule has 0 spiro atoms. The van der Waals surface area contributed by atoms with Gasteiger partial charge in [-0.15, -0.1) is 0 Å². The zero-order valence-corrected chi connectivity index (χ0v) is 22.4. The Morgan fingerprint density at radius 1 is 0.368 bits per heavy atom. The van der Waals surface area contributed by atoms with E-state index >= 15 is 0 Å². The smallest absolute Gasteiger partial charge is 0.0502 e. The van der Waals surface area contributed by atoms with Gasteiger partial charge in [0.05, 0.1) is 22.7 Å². The lowest BCUT2D eigenvalue weighted by atomic mass is 9.73. The number of fused-ring (bicyclic) bond motifs is 4. The largest absolute Gasteiger partial charge is 0.310 e. The van der Waals surface area contributed by atoms with Crippen LogP contribution < -0.4 is 9.80 Å². The minimum absolute atomic E-state index is 0.0718. The molecule has 0 N–H and O–H groups in total. The first-order valence-electron chi connectivity index (χ1n) is 13.5. The third kappa shape index (κ3) is 3.13. The molecule has 0 saturated carbocycles. The number of para-hydroxylation sites is 4. The maximum Gasteiger partial charge on any atom is 0.0502 e. The van der Waals surface area contributed by atoms with E-state index in [0.717, 1.165) is 11.4 Å². The van der Waals surface area contributed by atoms with Gasteiger partial charge in [-0.25, -0.2) is 0 Å². The van der Waals surface area contributed by atoms with Crippen molar-refractivity contribution >= 4 is 34.1 Å². The van der Waals surface area contributed by atoms with Crippen molar-refractivity contribution in [1.29, 1.82) is 0 Å². The quantitative estimate of drug-likeness (QED) is 0.242. The van der Waals surface area contributed by atoms with E-state index in [9.17, 15) is 0 Å². The van der Waals surface area contributed by atoms with Crippen molar-refractivity contribution in [3.05, 3.63) is 144 Å². The summed E-state index contributed by atoms with van der Waals surface area (Å²) >= 11 is 0. The Morgan fingerprint density at radius 3 is 0.974 bits per heavy atom. The standard InChI is InChI=1S/C36H32N2/c1-35(2)27-16-5-9-20-31(27)37(32-21-10-6-17-28(32)35)25-14-13-15-26(24-25)38-33-22-11-7-18-29(33)36(3,4)30-19-8-12-23-34(30)38/h5-24H,1-4H3. The number of rotatable bonds is 2. The Bertz CT molecular complexity index is 1470. The highest BCUT2D eigenvalue weighted by Crippen LogP contribution is 2.54. The second-order valence-corrected chi connectivity index (χ2v) is 11.5. The summed E-state index contributed by atoms with van der Waals surface area (Å²) in [5.41, 5.74) is 12.6. The summed E-state index contributed by atoms with van der Waals surface area (Å²) in [5.74, 6) is 0. The minimum atomic E-state index is -0.0718. The van der Waals surface area contributed by atoms with Crippen LogP contribution in [0.1, 0.15) is 49.9 Å². The van der Waals surface area contributed by atoms with E-state index in [1.165, 1.54) is 45.0 Å². The molecular formula is C36H32N2. The molecule has 5 aromatic carbocycles. The van der Waals surface area contributed by atoms with Crippen molar-refractivity contribution in [1.82, 2.24) is 0 Å². The van der Waals surface area contributed by atoms with Gasteiger partial charge in [-0.3, -0.25) is 0 Å². The van der Waals surface area contributed by atoms with Crippen LogP contribution in [-0.2, 0) is 10.8 Å². The molecule has 5 aromatic rings. The number of hydrogen-bond donors (Lipinski definition) is 0. The van der Waals surface area contributed by atoms with Crippen molar-refractivity contribution in [2.45, 2.75) is 38.5 Å². The first kappa shape index (κ1) is 22.9. The molecule has 2 nitrogen and oxygen atoms in total. The van der Waals surface area contributed by atoms with Gasteiger partial charge in [0.1, 0.15) is 0 Å². The molecule has 2 aliphatic rings. The Hall–Kier alpha value is -4.30. The normalized spacial score (nSPS) is 16.2. The lowest BCUT2D eigenvalue weighted by molar-refractivity contribution is 0.631. The summed E-state index contributed by atoms with van der Waals surface area (Å²) in [6.07, 6.45) is 0. The van der Waals surface area contributed by atoms with Crippen molar-refractivity contribution < 1.29 is 0 Å². The van der Waals surface area contributed by atoms with Gasteiger partial charge >= 0.3 is 0 Å². The molecule has 0 atom stereocenters. The fraction of sp³-hybridized carbons (Fsp3) is 0.167. The molecule has 38 heavy (non-hydrogen) atoms. The highest BCUT2D eigenvalue weighted by atomic mass is 15.2. The highest BCUT2D eigenvalue weighted by Gasteiger charge is 2.38. The Balaban J connectivity index is 1.45. The van der Waals surface area contributed by atoms with Crippen LogP contribution in [0.4, 0.5) is 34.1 Å². The molecule has 0 aliphatic carbocycles. The van der Waals surface area contributed by atoms with Gasteiger partial charge in [0.25, 0.3) is 0 Å². The SMILES string of the molecule is CC1(C)c2ccccc2N(c2cccc(N3c4ccccc4C(C)(C)c4ccccc43)c2)c2ccccc21. The second-order valence-electron chi connectivity index (χ2n) is 11.5. The summed E-state index contributed by atoms with van der Waals surface area (Å²) in [7, 11) is 0. The molecule has 0 bridgehead atoms. The fourth-order valence-electron chi connectivity index (χ4n) is 6.67. The molecule has 0 unspecified atom stereocenters. The maximum absolute atomic E-state index is 2.44. The summed E-state index contributed by atoms with van der Waals surface area (Å²) in [6.45, 7) is 9.34. The van der Waals surface area contributed by atoms with Gasteiger partial charge in [-0.05, 0) is 64.7 Å². The Morgan fingerprint density at radius 2 is 0.658 bits per heavy atom. The van der Waals surface area contributed by atoms with E-state index in [0.29, 0.717) is 0 Å². The van der Waals surface area contributed by atoms with Crippen LogP contribution in [0.15, 0.2) is 121 Å². The molecule has 186 valence electrons. The summed E-state index contributed by atoms with van der Waals surface area (Å²) in [4.78, 5) is 4.87. The average molecular weight is 493 g/mol. The monoisotopic (exact) mass is 492 g/mol. The summed E-state index contributed by atoms with van der Waals surface area (Å²) in [6, 6.07) is 44.4. The highest BCUT2D eigenvalue weighted by molar-refractivity contribution is 5.90. The van der Waals surface area contributed by atoms with Crippen molar-refractivity contribution in [3.63, 3.8) is 0 Å². The van der Waals surface area contributed by atoms with E-state index in [1.807, 2.05) is 0 Å². The topological polar surface area (TPSA) is 6.48 Å². The number of anilines is 6. The fourth-order valence-corrected chi connectivity index (χ4v) is 6.67. The van der Waals surface area contributed by atoms with Gasteiger partial charge in [0.2, 0.25) is 0 Å². The van der Waals surface area contributed by atoms with Crippen LogP contribution in [-0.4, -0.2) is 0 Å². The van der Waals surface area contributed by atoms with Crippen LogP contribution in [0.25, 0.3) is 0 Å². The zero-order chi connectivity index (χ0) is 26.1. The molecular weight excluding hydrogens is 460 g/mol. The lowest BCUT2D eigenvalue weighted by Crippen LogP contribution is -2.31. The molecule has 0 fully saturated rings. The first-order valence-corrected chi connectivity index (χ1v) is 13.5. The molecule has 0 amide bonds. The van der Waals surface area contributed by atoms with Crippen molar-refractivity contribution in [2.75, 3.05) is 9.80 Å². The van der Waals surface area contributed by atoms with Gasteiger partial charge in [-0.2, -0.15) is 0 Å². The summed E-state index contributed by atoms with van der Waals surface area (Å²) < 4.78 is 0. The molecule has 7 rings (SSSR count). The van der Waals surface area contributed by atoms with Gasteiger partial charge in [0.15, 0.2) is 0 Å². The number of hydrogen-bond acceptors (Lipinski definition) is 2. The number of nitrogens with zero attached hydrogens (tertiary/aromatic N) is 2. The van der Waals surface area contributed by atoms with Gasteiger partial charge < -0.3 is 9.80 Å². The third-order valence-electron chi connectivity index (χ3n) is 8.62. The van der Waals surface area contributed by atoms with E-state index in [4.69, 9.17) is 0 Å². The molecule has 0 radical (unpaired) electrons. The number of benzene rings is 5. The Kier molecular flexibility index (Phi) is 4.87. The molecule has 2 aliphatic heterocycles. The van der Waals surface area contributed by atoms with Crippen LogP contribution in [0.5, 0.6) is 0 Å². The van der Waals surface area contributed by atoms with E-state index in [1.54, 1.807) is 0 Å². The van der Waals surface area contributed by atoms with Gasteiger partial charge in [-0.1, -0.05) is 107 Å². The molecule has 0 saturated heterocycles. The third-order valence-corrected chi connectivity index (χ3v) is 8.62. The lowest BCUT2D eigenvalue weighted by Gasteiger charge is -2.43. The van der Waals surface area contributed by atoms with Crippen LogP contribution in [0.3, 0.4) is 0 Å². The first-order chi connectivity index (χ1) is 18.4. The molecule has 2 heteroatoms. The molecule has 2 heterocycles.